The van der Waals surface area contributed by atoms with Crippen molar-refractivity contribution in [2.45, 2.75) is 59.5 Å². The maximum atomic E-state index is 10.0. The Balaban J connectivity index is 2.84. The fourth-order valence-corrected chi connectivity index (χ4v) is 1.97. The Morgan fingerprint density at radius 2 is 1.89 bits per heavy atom. The van der Waals surface area contributed by atoms with Gasteiger partial charge >= 0.3 is 0 Å². The summed E-state index contributed by atoms with van der Waals surface area (Å²) in [5, 5.41) is 10.0. The van der Waals surface area contributed by atoms with E-state index in [0.29, 0.717) is 6.61 Å². The number of aryl methyl sites for hydroxylation is 1. The Hall–Kier alpha value is -1.02. The van der Waals surface area contributed by atoms with Crippen molar-refractivity contribution in [1.82, 2.24) is 0 Å². The van der Waals surface area contributed by atoms with Crippen molar-refractivity contribution in [2.24, 2.45) is 5.92 Å². The number of hydrogen-bond acceptors (Lipinski definition) is 2. The van der Waals surface area contributed by atoms with Crippen molar-refractivity contribution in [3.8, 4) is 5.75 Å². The van der Waals surface area contributed by atoms with E-state index in [-0.39, 0.29) is 11.3 Å². The van der Waals surface area contributed by atoms with Crippen LogP contribution in [0.5, 0.6) is 5.75 Å². The fourth-order valence-electron chi connectivity index (χ4n) is 1.97. The Morgan fingerprint density at radius 1 is 1.26 bits per heavy atom. The number of aliphatic hydroxyl groups excluding tert-OH is 1. The summed E-state index contributed by atoms with van der Waals surface area (Å²) in [6, 6.07) is 6.24. The molecule has 2 unspecified atom stereocenters. The number of rotatable bonds is 5. The third kappa shape index (κ3) is 4.54. The molecule has 0 radical (unpaired) electrons. The summed E-state index contributed by atoms with van der Waals surface area (Å²) in [5.74, 6) is 1.16. The number of hydrogen-bond donors (Lipinski definition) is 1. The zero-order valence-electron chi connectivity index (χ0n) is 13.2. The zero-order chi connectivity index (χ0) is 14.6. The second-order valence-corrected chi connectivity index (χ2v) is 6.51. The van der Waals surface area contributed by atoms with E-state index in [1.807, 2.05) is 13.0 Å². The molecule has 0 fully saturated rings. The first-order valence-electron chi connectivity index (χ1n) is 7.17. The summed E-state index contributed by atoms with van der Waals surface area (Å²) >= 11 is 0. The topological polar surface area (TPSA) is 29.5 Å². The molecule has 0 spiro atoms. The lowest BCUT2D eigenvalue weighted by molar-refractivity contribution is 0.0614. The summed E-state index contributed by atoms with van der Waals surface area (Å²) < 4.78 is 5.85. The van der Waals surface area contributed by atoms with Crippen molar-refractivity contribution < 1.29 is 9.84 Å². The molecule has 0 saturated heterocycles. The highest BCUT2D eigenvalue weighted by molar-refractivity contribution is 5.41. The standard InChI is InChI=1S/C17H28O2/c1-7-13(3)15(18)11-19-16-9-8-12(2)10-14(16)17(4,5)6/h8-10,13,15,18H,7,11H2,1-6H3. The number of benzene rings is 1. The Bertz CT molecular complexity index is 404. The van der Waals surface area contributed by atoms with Crippen molar-refractivity contribution in [1.29, 1.82) is 0 Å². The minimum atomic E-state index is -0.404. The van der Waals surface area contributed by atoms with Gasteiger partial charge in [0.15, 0.2) is 0 Å². The lowest BCUT2D eigenvalue weighted by Crippen LogP contribution is -2.25. The van der Waals surface area contributed by atoms with Crippen LogP contribution in [-0.2, 0) is 5.41 Å². The Kier molecular flexibility index (Phi) is 5.42. The highest BCUT2D eigenvalue weighted by Crippen LogP contribution is 2.32. The largest absolute Gasteiger partial charge is 0.491 e. The zero-order valence-corrected chi connectivity index (χ0v) is 13.2. The average molecular weight is 264 g/mol. The average Bonchev–Trinajstić information content (AvgIpc) is 2.34. The van der Waals surface area contributed by atoms with Crippen LogP contribution in [0.3, 0.4) is 0 Å². The molecule has 2 nitrogen and oxygen atoms in total. The maximum absolute atomic E-state index is 10.0. The second-order valence-electron chi connectivity index (χ2n) is 6.51. The monoisotopic (exact) mass is 264 g/mol. The lowest BCUT2D eigenvalue weighted by atomic mass is 9.85. The van der Waals surface area contributed by atoms with Gasteiger partial charge in [0.1, 0.15) is 12.4 Å². The predicted octanol–water partition coefficient (Wildman–Crippen LogP) is 4.08. The summed E-state index contributed by atoms with van der Waals surface area (Å²) in [7, 11) is 0. The highest BCUT2D eigenvalue weighted by atomic mass is 16.5. The molecule has 1 N–H and O–H groups in total. The van der Waals surface area contributed by atoms with Crippen LogP contribution in [-0.4, -0.2) is 17.8 Å². The molecule has 0 heterocycles. The predicted molar refractivity (Wildman–Crippen MR) is 80.8 cm³/mol. The third-order valence-electron chi connectivity index (χ3n) is 3.65. The van der Waals surface area contributed by atoms with E-state index in [4.69, 9.17) is 4.74 Å². The van der Waals surface area contributed by atoms with E-state index < -0.39 is 6.10 Å². The molecule has 0 aliphatic heterocycles. The minimum absolute atomic E-state index is 0.0443. The van der Waals surface area contributed by atoms with Gasteiger partial charge in [-0.1, -0.05) is 58.7 Å². The Labute approximate surface area is 117 Å². The van der Waals surface area contributed by atoms with Gasteiger partial charge < -0.3 is 9.84 Å². The van der Waals surface area contributed by atoms with Crippen LogP contribution in [0.15, 0.2) is 18.2 Å². The molecule has 0 amide bonds. The van der Waals surface area contributed by atoms with Crippen LogP contribution in [0.2, 0.25) is 0 Å². The van der Waals surface area contributed by atoms with Gasteiger partial charge in [0.05, 0.1) is 6.10 Å². The molecule has 0 saturated carbocycles. The quantitative estimate of drug-likeness (QED) is 0.868. The van der Waals surface area contributed by atoms with E-state index in [9.17, 15) is 5.11 Å². The van der Waals surface area contributed by atoms with Crippen molar-refractivity contribution in [2.75, 3.05) is 6.61 Å². The second kappa shape index (κ2) is 6.42. The molecule has 19 heavy (non-hydrogen) atoms. The van der Waals surface area contributed by atoms with Crippen LogP contribution in [0.25, 0.3) is 0 Å². The molecular weight excluding hydrogens is 236 g/mol. The molecule has 0 bridgehead atoms. The minimum Gasteiger partial charge on any atom is -0.491 e. The van der Waals surface area contributed by atoms with E-state index in [0.717, 1.165) is 12.2 Å². The summed E-state index contributed by atoms with van der Waals surface area (Å²) in [4.78, 5) is 0. The first-order chi connectivity index (χ1) is 8.75. The number of ether oxygens (including phenoxy) is 1. The molecule has 0 aliphatic carbocycles. The van der Waals surface area contributed by atoms with Crippen LogP contribution in [0, 0.1) is 12.8 Å². The molecule has 1 aromatic carbocycles. The first-order valence-corrected chi connectivity index (χ1v) is 7.17. The lowest BCUT2D eigenvalue weighted by Gasteiger charge is -2.25. The fraction of sp³-hybridized carbons (Fsp3) is 0.647. The normalized spacial score (nSPS) is 15.1. The maximum Gasteiger partial charge on any atom is 0.123 e. The van der Waals surface area contributed by atoms with Crippen LogP contribution >= 0.6 is 0 Å². The molecule has 2 atom stereocenters. The van der Waals surface area contributed by atoms with Gasteiger partial charge in [-0.3, -0.25) is 0 Å². The van der Waals surface area contributed by atoms with Crippen LogP contribution < -0.4 is 4.74 Å². The molecule has 108 valence electrons. The molecule has 1 aromatic rings. The molecule has 2 heteroatoms. The van der Waals surface area contributed by atoms with Crippen LogP contribution in [0.1, 0.15) is 52.2 Å². The molecule has 0 aliphatic rings. The van der Waals surface area contributed by atoms with Crippen molar-refractivity contribution >= 4 is 0 Å². The van der Waals surface area contributed by atoms with E-state index >= 15 is 0 Å². The van der Waals surface area contributed by atoms with Gasteiger partial charge in [-0.05, 0) is 29.9 Å². The van der Waals surface area contributed by atoms with E-state index in [1.165, 1.54) is 11.1 Å². The van der Waals surface area contributed by atoms with Gasteiger partial charge in [-0.25, -0.2) is 0 Å². The molecule has 0 aromatic heterocycles. The summed E-state index contributed by atoms with van der Waals surface area (Å²) in [6.45, 7) is 13.1. The third-order valence-corrected chi connectivity index (χ3v) is 3.65. The van der Waals surface area contributed by atoms with E-state index in [2.05, 4.69) is 46.8 Å². The first kappa shape index (κ1) is 16.0. The van der Waals surface area contributed by atoms with Crippen molar-refractivity contribution in [3.05, 3.63) is 29.3 Å². The summed E-state index contributed by atoms with van der Waals surface area (Å²) in [5.41, 5.74) is 2.48. The van der Waals surface area contributed by atoms with Gasteiger partial charge in [0.25, 0.3) is 0 Å². The van der Waals surface area contributed by atoms with Crippen molar-refractivity contribution in [3.63, 3.8) is 0 Å². The highest BCUT2D eigenvalue weighted by Gasteiger charge is 2.20. The summed E-state index contributed by atoms with van der Waals surface area (Å²) in [6.07, 6.45) is 0.559. The smallest absolute Gasteiger partial charge is 0.123 e. The number of aliphatic hydroxyl groups is 1. The SMILES string of the molecule is CCC(C)C(O)COc1ccc(C)cc1C(C)(C)C. The van der Waals surface area contributed by atoms with Gasteiger partial charge in [0.2, 0.25) is 0 Å². The van der Waals surface area contributed by atoms with Gasteiger partial charge in [-0.2, -0.15) is 0 Å². The molecular formula is C17H28O2. The van der Waals surface area contributed by atoms with Gasteiger partial charge in [0, 0.05) is 0 Å². The van der Waals surface area contributed by atoms with Gasteiger partial charge in [-0.15, -0.1) is 0 Å². The van der Waals surface area contributed by atoms with E-state index in [1.54, 1.807) is 0 Å². The molecule has 1 rings (SSSR count). The van der Waals surface area contributed by atoms with Crippen LogP contribution in [0.4, 0.5) is 0 Å². The Morgan fingerprint density at radius 3 is 2.42 bits per heavy atom.